The highest BCUT2D eigenvalue weighted by atomic mass is 19.4. The maximum absolute atomic E-state index is 13.0. The number of phenols is 2. The summed E-state index contributed by atoms with van der Waals surface area (Å²) in [6.45, 7) is 0. The monoisotopic (exact) mass is 419 g/mol. The number of phenolic OH excluding ortho intramolecular Hbond substituents is 2. The Morgan fingerprint density at radius 3 is 2.10 bits per heavy atom. The Morgan fingerprint density at radius 1 is 0.742 bits per heavy atom. The minimum Gasteiger partial charge on any atom is -0.508 e. The molecule has 4 aromatic rings. The van der Waals surface area contributed by atoms with Crippen LogP contribution in [0.3, 0.4) is 0 Å². The lowest BCUT2D eigenvalue weighted by atomic mass is 9.96. The Balaban J connectivity index is 1.71. The first-order valence-electron chi connectivity index (χ1n) is 9.63. The molecular formula is C25H16F3NO2. The molecule has 1 heterocycles. The number of fused-ring (bicyclic) bond motifs is 3. The predicted octanol–water partition coefficient (Wildman–Crippen LogP) is 6.42. The van der Waals surface area contributed by atoms with Gasteiger partial charge >= 0.3 is 6.18 Å². The number of alkyl halides is 3. The van der Waals surface area contributed by atoms with Crippen molar-refractivity contribution in [1.29, 1.82) is 0 Å². The molecular weight excluding hydrogens is 403 g/mol. The predicted molar refractivity (Wildman–Crippen MR) is 112 cm³/mol. The second-order valence-electron chi connectivity index (χ2n) is 7.48. The highest BCUT2D eigenvalue weighted by Gasteiger charge is 2.30. The zero-order valence-corrected chi connectivity index (χ0v) is 16.1. The minimum absolute atomic E-state index is 0.137. The topological polar surface area (TPSA) is 53.4 Å². The second-order valence-corrected chi connectivity index (χ2v) is 7.48. The third-order valence-corrected chi connectivity index (χ3v) is 5.57. The fourth-order valence-electron chi connectivity index (χ4n) is 4.01. The highest BCUT2D eigenvalue weighted by Crippen LogP contribution is 2.45. The lowest BCUT2D eigenvalue weighted by molar-refractivity contribution is -0.137. The van der Waals surface area contributed by atoms with Crippen molar-refractivity contribution < 1.29 is 23.4 Å². The Hall–Kier alpha value is -3.80. The summed E-state index contributed by atoms with van der Waals surface area (Å²) in [6, 6.07) is 18.7. The molecule has 0 saturated carbocycles. The van der Waals surface area contributed by atoms with Crippen molar-refractivity contribution in [2.24, 2.45) is 0 Å². The molecule has 1 aliphatic carbocycles. The van der Waals surface area contributed by atoms with E-state index in [1.807, 2.05) is 12.1 Å². The van der Waals surface area contributed by atoms with Gasteiger partial charge in [0.1, 0.15) is 11.5 Å². The van der Waals surface area contributed by atoms with Crippen LogP contribution in [0, 0.1) is 0 Å². The molecule has 3 aromatic carbocycles. The first kappa shape index (κ1) is 19.2. The summed E-state index contributed by atoms with van der Waals surface area (Å²) in [5.74, 6) is 0.321. The summed E-state index contributed by atoms with van der Waals surface area (Å²) in [6.07, 6.45) is -3.91. The van der Waals surface area contributed by atoms with Crippen LogP contribution in [0.2, 0.25) is 0 Å². The number of aromatic nitrogens is 1. The van der Waals surface area contributed by atoms with Gasteiger partial charge in [-0.2, -0.15) is 13.2 Å². The lowest BCUT2D eigenvalue weighted by Gasteiger charge is -2.13. The van der Waals surface area contributed by atoms with Gasteiger partial charge in [0.15, 0.2) is 0 Å². The van der Waals surface area contributed by atoms with Gasteiger partial charge in [0, 0.05) is 23.1 Å². The molecule has 0 aliphatic heterocycles. The first-order chi connectivity index (χ1) is 14.8. The van der Waals surface area contributed by atoms with Crippen LogP contribution in [0.1, 0.15) is 16.7 Å². The van der Waals surface area contributed by atoms with Gasteiger partial charge in [-0.05, 0) is 53.1 Å². The maximum atomic E-state index is 13.0. The third kappa shape index (κ3) is 3.30. The van der Waals surface area contributed by atoms with Gasteiger partial charge in [0.05, 0.1) is 17.0 Å². The molecule has 0 bridgehead atoms. The molecule has 0 atom stereocenters. The number of aromatic hydroxyl groups is 2. The molecule has 0 spiro atoms. The standard InChI is InChI=1S/C25H16F3NO2/c26-25(27,28)16-8-4-15(5-9-16)22-13-19(14-6-10-17(30)11-7-14)21-12-20-18(24(21)29-22)2-1-3-23(20)31/h1-11,13,30-31H,12H2. The van der Waals surface area contributed by atoms with Gasteiger partial charge < -0.3 is 10.2 Å². The highest BCUT2D eigenvalue weighted by molar-refractivity contribution is 5.86. The summed E-state index contributed by atoms with van der Waals surface area (Å²) in [4.78, 5) is 4.76. The summed E-state index contributed by atoms with van der Waals surface area (Å²) in [7, 11) is 0. The van der Waals surface area contributed by atoms with Crippen molar-refractivity contribution >= 4 is 0 Å². The van der Waals surface area contributed by atoms with Crippen LogP contribution in [-0.2, 0) is 12.6 Å². The van der Waals surface area contributed by atoms with Gasteiger partial charge in [0.2, 0.25) is 0 Å². The SMILES string of the molecule is Oc1ccc(-c2cc(-c3ccc(C(F)(F)F)cc3)nc3c2Cc2c(O)cccc2-3)cc1. The number of pyridine rings is 1. The van der Waals surface area contributed by atoms with Gasteiger partial charge in [-0.1, -0.05) is 36.4 Å². The molecule has 0 saturated heterocycles. The van der Waals surface area contributed by atoms with E-state index in [2.05, 4.69) is 0 Å². The molecule has 0 amide bonds. The molecule has 0 radical (unpaired) electrons. The fourth-order valence-corrected chi connectivity index (χ4v) is 4.01. The fraction of sp³-hybridized carbons (Fsp3) is 0.0800. The number of hydrogen-bond donors (Lipinski definition) is 2. The average Bonchev–Trinajstić information content (AvgIpc) is 3.13. The molecule has 31 heavy (non-hydrogen) atoms. The summed E-state index contributed by atoms with van der Waals surface area (Å²) in [5, 5.41) is 20.0. The van der Waals surface area contributed by atoms with E-state index >= 15 is 0 Å². The van der Waals surface area contributed by atoms with Crippen molar-refractivity contribution in [3.63, 3.8) is 0 Å². The third-order valence-electron chi connectivity index (χ3n) is 5.57. The van der Waals surface area contributed by atoms with Crippen molar-refractivity contribution in [2.75, 3.05) is 0 Å². The van der Waals surface area contributed by atoms with Crippen LogP contribution in [0.25, 0.3) is 33.6 Å². The molecule has 1 aliphatic rings. The van der Waals surface area contributed by atoms with E-state index in [0.29, 0.717) is 23.4 Å². The van der Waals surface area contributed by atoms with Crippen LogP contribution >= 0.6 is 0 Å². The Kier molecular flexibility index (Phi) is 4.25. The van der Waals surface area contributed by atoms with E-state index in [-0.39, 0.29) is 11.5 Å². The van der Waals surface area contributed by atoms with Gasteiger partial charge in [0.25, 0.3) is 0 Å². The first-order valence-corrected chi connectivity index (χ1v) is 9.63. The average molecular weight is 419 g/mol. The van der Waals surface area contributed by atoms with Gasteiger partial charge in [-0.15, -0.1) is 0 Å². The van der Waals surface area contributed by atoms with E-state index < -0.39 is 11.7 Å². The Morgan fingerprint density at radius 2 is 1.42 bits per heavy atom. The van der Waals surface area contributed by atoms with Crippen LogP contribution in [-0.4, -0.2) is 15.2 Å². The Labute approximate surface area is 176 Å². The molecule has 1 aromatic heterocycles. The molecule has 6 heteroatoms. The Bertz CT molecular complexity index is 1290. The van der Waals surface area contributed by atoms with Crippen LogP contribution in [0.5, 0.6) is 11.5 Å². The molecule has 5 rings (SSSR count). The van der Waals surface area contributed by atoms with E-state index in [1.54, 1.807) is 36.4 Å². The van der Waals surface area contributed by atoms with Crippen LogP contribution in [0.15, 0.2) is 72.8 Å². The van der Waals surface area contributed by atoms with Crippen molar-refractivity contribution in [3.05, 3.63) is 89.5 Å². The van der Waals surface area contributed by atoms with Crippen LogP contribution < -0.4 is 0 Å². The van der Waals surface area contributed by atoms with Gasteiger partial charge in [-0.25, -0.2) is 4.98 Å². The maximum Gasteiger partial charge on any atom is 0.416 e. The van der Waals surface area contributed by atoms with E-state index in [9.17, 15) is 23.4 Å². The summed E-state index contributed by atoms with van der Waals surface area (Å²) >= 11 is 0. The molecule has 2 N–H and O–H groups in total. The van der Waals surface area contributed by atoms with Crippen LogP contribution in [0.4, 0.5) is 13.2 Å². The quantitative estimate of drug-likeness (QED) is 0.347. The second kappa shape index (κ2) is 6.87. The zero-order valence-electron chi connectivity index (χ0n) is 16.1. The summed E-state index contributed by atoms with van der Waals surface area (Å²) < 4.78 is 38.9. The van der Waals surface area contributed by atoms with Crippen molar-refractivity contribution in [3.8, 4) is 45.1 Å². The number of rotatable bonds is 2. The minimum atomic E-state index is -4.41. The zero-order chi connectivity index (χ0) is 21.8. The largest absolute Gasteiger partial charge is 0.508 e. The van der Waals surface area contributed by atoms with E-state index in [1.165, 1.54) is 12.1 Å². The number of benzene rings is 3. The van der Waals surface area contributed by atoms with Crippen molar-refractivity contribution in [2.45, 2.75) is 12.6 Å². The normalized spacial score (nSPS) is 12.5. The molecule has 0 fully saturated rings. The lowest BCUT2D eigenvalue weighted by Crippen LogP contribution is -2.04. The summed E-state index contributed by atoms with van der Waals surface area (Å²) in [5.41, 5.74) is 5.29. The van der Waals surface area contributed by atoms with E-state index in [0.717, 1.165) is 39.9 Å². The molecule has 154 valence electrons. The smallest absolute Gasteiger partial charge is 0.416 e. The van der Waals surface area contributed by atoms with Gasteiger partial charge in [-0.3, -0.25) is 0 Å². The number of nitrogens with zero attached hydrogens (tertiary/aromatic N) is 1. The molecule has 3 nitrogen and oxygen atoms in total. The van der Waals surface area contributed by atoms with Crippen molar-refractivity contribution in [1.82, 2.24) is 4.98 Å². The molecule has 0 unspecified atom stereocenters. The number of hydrogen-bond acceptors (Lipinski definition) is 3. The number of halogens is 3. The van der Waals surface area contributed by atoms with E-state index in [4.69, 9.17) is 4.98 Å².